The highest BCUT2D eigenvalue weighted by molar-refractivity contribution is 6.31. The molecule has 3 heteroatoms. The molecule has 3 rings (SSSR count). The fraction of sp³-hybridized carbons (Fsp3) is 0.118. The average Bonchev–Trinajstić information content (AvgIpc) is 2.85. The smallest absolute Gasteiger partial charge is 0.152 e. The zero-order valence-corrected chi connectivity index (χ0v) is 11.9. The Labute approximate surface area is 122 Å². The van der Waals surface area contributed by atoms with Crippen LogP contribution in [-0.2, 0) is 6.54 Å². The number of benzene rings is 2. The monoisotopic (exact) mass is 283 g/mol. The van der Waals surface area contributed by atoms with Gasteiger partial charge in [0.15, 0.2) is 6.29 Å². The van der Waals surface area contributed by atoms with E-state index in [2.05, 4.69) is 4.57 Å². The number of rotatable bonds is 3. The largest absolute Gasteiger partial charge is 0.342 e. The van der Waals surface area contributed by atoms with Crippen LogP contribution in [0.4, 0.5) is 0 Å². The number of aryl methyl sites for hydroxylation is 1. The number of halogens is 1. The Morgan fingerprint density at radius 2 is 2.05 bits per heavy atom. The molecule has 0 fully saturated rings. The summed E-state index contributed by atoms with van der Waals surface area (Å²) in [5.74, 6) is 0. The van der Waals surface area contributed by atoms with Crippen LogP contribution in [0.2, 0.25) is 5.02 Å². The second-order valence-corrected chi connectivity index (χ2v) is 5.35. The Balaban J connectivity index is 2.09. The predicted molar refractivity (Wildman–Crippen MR) is 82.6 cm³/mol. The molecule has 0 saturated heterocycles. The predicted octanol–water partition coefficient (Wildman–Crippen LogP) is 4.46. The highest BCUT2D eigenvalue weighted by Gasteiger charge is 2.08. The standard InChI is InChI=1S/C17H14ClNO/c1-12-5-6-14(16(18)9-12)10-19-8-7-13-3-2-4-15(11-20)17(13)19/h2-9,11H,10H2,1H3. The van der Waals surface area contributed by atoms with E-state index in [1.165, 1.54) is 0 Å². The van der Waals surface area contributed by atoms with Gasteiger partial charge in [-0.15, -0.1) is 0 Å². The van der Waals surface area contributed by atoms with E-state index in [1.54, 1.807) is 0 Å². The van der Waals surface area contributed by atoms with Crippen LogP contribution in [0.25, 0.3) is 10.9 Å². The van der Waals surface area contributed by atoms with Gasteiger partial charge in [-0.3, -0.25) is 4.79 Å². The van der Waals surface area contributed by atoms with Gasteiger partial charge in [-0.1, -0.05) is 35.9 Å². The van der Waals surface area contributed by atoms with Crippen LogP contribution >= 0.6 is 11.6 Å². The van der Waals surface area contributed by atoms with Crippen molar-refractivity contribution in [2.45, 2.75) is 13.5 Å². The Kier molecular flexibility index (Phi) is 3.33. The summed E-state index contributed by atoms with van der Waals surface area (Å²) in [4.78, 5) is 11.2. The third-order valence-corrected chi connectivity index (χ3v) is 3.85. The third kappa shape index (κ3) is 2.23. The number of aldehydes is 1. The first-order chi connectivity index (χ1) is 9.69. The fourth-order valence-electron chi connectivity index (χ4n) is 2.48. The van der Waals surface area contributed by atoms with Crippen LogP contribution in [0.3, 0.4) is 0 Å². The lowest BCUT2D eigenvalue weighted by Crippen LogP contribution is -2.00. The molecule has 0 N–H and O–H groups in total. The summed E-state index contributed by atoms with van der Waals surface area (Å²) in [5, 5.41) is 1.83. The first-order valence-corrected chi connectivity index (χ1v) is 6.85. The molecule has 1 heterocycles. The lowest BCUT2D eigenvalue weighted by Gasteiger charge is -2.09. The molecule has 0 aliphatic heterocycles. The van der Waals surface area contributed by atoms with Gasteiger partial charge in [-0.25, -0.2) is 0 Å². The molecule has 0 bridgehead atoms. The Hall–Kier alpha value is -2.06. The number of carbonyl (C=O) groups is 1. The minimum Gasteiger partial charge on any atom is -0.342 e. The molecule has 2 aromatic carbocycles. The summed E-state index contributed by atoms with van der Waals surface area (Å²) in [6, 6.07) is 13.8. The van der Waals surface area contributed by atoms with Crippen molar-refractivity contribution in [3.05, 3.63) is 70.4 Å². The number of hydrogen-bond donors (Lipinski definition) is 0. The highest BCUT2D eigenvalue weighted by atomic mass is 35.5. The van der Waals surface area contributed by atoms with Crippen molar-refractivity contribution in [2.75, 3.05) is 0 Å². The number of aromatic nitrogens is 1. The van der Waals surface area contributed by atoms with Gasteiger partial charge in [-0.05, 0) is 36.2 Å². The van der Waals surface area contributed by atoms with E-state index < -0.39 is 0 Å². The SMILES string of the molecule is Cc1ccc(Cn2ccc3cccc(C=O)c32)c(Cl)c1. The van der Waals surface area contributed by atoms with E-state index in [-0.39, 0.29) is 0 Å². The van der Waals surface area contributed by atoms with Gasteiger partial charge in [0.2, 0.25) is 0 Å². The minimum atomic E-state index is 0.660. The molecule has 0 radical (unpaired) electrons. The van der Waals surface area contributed by atoms with Crippen LogP contribution in [0.1, 0.15) is 21.5 Å². The molecule has 0 aliphatic carbocycles. The molecule has 2 nitrogen and oxygen atoms in total. The van der Waals surface area contributed by atoms with Gasteiger partial charge in [-0.2, -0.15) is 0 Å². The van der Waals surface area contributed by atoms with E-state index in [9.17, 15) is 4.79 Å². The quantitative estimate of drug-likeness (QED) is 0.650. The first-order valence-electron chi connectivity index (χ1n) is 6.47. The Morgan fingerprint density at radius 1 is 1.20 bits per heavy atom. The number of carbonyl (C=O) groups excluding carboxylic acids is 1. The first kappa shape index (κ1) is 12.9. The van der Waals surface area contributed by atoms with Crippen LogP contribution in [0.15, 0.2) is 48.7 Å². The van der Waals surface area contributed by atoms with Gasteiger partial charge >= 0.3 is 0 Å². The van der Waals surface area contributed by atoms with Crippen molar-refractivity contribution in [3.8, 4) is 0 Å². The van der Waals surface area contributed by atoms with Crippen LogP contribution in [0.5, 0.6) is 0 Å². The molecule has 1 aromatic heterocycles. The lowest BCUT2D eigenvalue weighted by molar-refractivity contribution is 0.112. The fourth-order valence-corrected chi connectivity index (χ4v) is 2.78. The second kappa shape index (κ2) is 5.14. The summed E-state index contributed by atoms with van der Waals surface area (Å²) in [7, 11) is 0. The van der Waals surface area contributed by atoms with Crippen LogP contribution in [0, 0.1) is 6.92 Å². The normalized spacial score (nSPS) is 10.9. The van der Waals surface area contributed by atoms with Crippen molar-refractivity contribution in [1.82, 2.24) is 4.57 Å². The summed E-state index contributed by atoms with van der Waals surface area (Å²) in [6.45, 7) is 2.68. The van der Waals surface area contributed by atoms with E-state index in [0.29, 0.717) is 12.1 Å². The van der Waals surface area contributed by atoms with Gasteiger partial charge in [0.1, 0.15) is 0 Å². The number of fused-ring (bicyclic) bond motifs is 1. The van der Waals surface area contributed by atoms with Crippen molar-refractivity contribution >= 4 is 28.8 Å². The van der Waals surface area contributed by atoms with Gasteiger partial charge in [0, 0.05) is 28.7 Å². The third-order valence-electron chi connectivity index (χ3n) is 3.50. The van der Waals surface area contributed by atoms with Crippen LogP contribution in [-0.4, -0.2) is 10.9 Å². The van der Waals surface area contributed by atoms with E-state index >= 15 is 0 Å². The molecule has 0 spiro atoms. The van der Waals surface area contributed by atoms with E-state index in [0.717, 1.165) is 33.3 Å². The van der Waals surface area contributed by atoms with Crippen molar-refractivity contribution in [3.63, 3.8) is 0 Å². The number of para-hydroxylation sites is 1. The Morgan fingerprint density at radius 3 is 2.80 bits per heavy atom. The average molecular weight is 284 g/mol. The maximum Gasteiger partial charge on any atom is 0.152 e. The molecular formula is C17H14ClNO. The molecule has 3 aromatic rings. The molecule has 0 amide bonds. The molecule has 100 valence electrons. The number of nitrogens with zero attached hydrogens (tertiary/aromatic N) is 1. The topological polar surface area (TPSA) is 22.0 Å². The Bertz CT molecular complexity index is 789. The zero-order chi connectivity index (χ0) is 14.1. The van der Waals surface area contributed by atoms with Gasteiger partial charge in [0.05, 0.1) is 5.52 Å². The zero-order valence-electron chi connectivity index (χ0n) is 11.1. The van der Waals surface area contributed by atoms with Gasteiger partial charge in [0.25, 0.3) is 0 Å². The summed E-state index contributed by atoms with van der Waals surface area (Å²) >= 11 is 6.29. The molecule has 0 unspecified atom stereocenters. The van der Waals surface area contributed by atoms with E-state index in [1.807, 2.05) is 55.6 Å². The van der Waals surface area contributed by atoms with E-state index in [4.69, 9.17) is 11.6 Å². The van der Waals surface area contributed by atoms with Crippen molar-refractivity contribution in [1.29, 1.82) is 0 Å². The van der Waals surface area contributed by atoms with Crippen molar-refractivity contribution < 1.29 is 4.79 Å². The minimum absolute atomic E-state index is 0.660. The maximum absolute atomic E-state index is 11.2. The molecular weight excluding hydrogens is 270 g/mol. The molecule has 0 aliphatic rings. The number of hydrogen-bond acceptors (Lipinski definition) is 1. The second-order valence-electron chi connectivity index (χ2n) is 4.94. The molecule has 0 saturated carbocycles. The lowest BCUT2D eigenvalue weighted by atomic mass is 10.1. The molecule has 0 atom stereocenters. The highest BCUT2D eigenvalue weighted by Crippen LogP contribution is 2.23. The maximum atomic E-state index is 11.2. The van der Waals surface area contributed by atoms with Gasteiger partial charge < -0.3 is 4.57 Å². The van der Waals surface area contributed by atoms with Crippen molar-refractivity contribution in [2.24, 2.45) is 0 Å². The summed E-state index contributed by atoms with van der Waals surface area (Å²) < 4.78 is 2.07. The summed E-state index contributed by atoms with van der Waals surface area (Å²) in [5.41, 5.74) is 3.86. The van der Waals surface area contributed by atoms with Crippen LogP contribution < -0.4 is 0 Å². The summed E-state index contributed by atoms with van der Waals surface area (Å²) in [6.07, 6.45) is 2.89. The molecule has 20 heavy (non-hydrogen) atoms.